The molecule has 2 atom stereocenters. The summed E-state index contributed by atoms with van der Waals surface area (Å²) < 4.78 is 11.5. The Morgan fingerprint density at radius 1 is 1.38 bits per heavy atom. The number of rotatable bonds is 11. The molecular weight excluding hydrogens is 412 g/mol. The lowest BCUT2D eigenvalue weighted by molar-refractivity contribution is -0.770. The molecule has 2 heterocycles. The molecule has 0 amide bonds. The minimum absolute atomic E-state index is 0.391. The molecule has 1 saturated heterocycles. The van der Waals surface area contributed by atoms with Gasteiger partial charge in [0.15, 0.2) is 0 Å². The summed E-state index contributed by atoms with van der Waals surface area (Å²) >= 11 is 0. The molecule has 0 spiro atoms. The van der Waals surface area contributed by atoms with Crippen molar-refractivity contribution in [3.63, 3.8) is 0 Å². The van der Waals surface area contributed by atoms with E-state index in [1.165, 1.54) is 31.4 Å². The molecule has 1 fully saturated rings. The molecule has 9 heteroatoms. The van der Waals surface area contributed by atoms with Crippen LogP contribution in [0.5, 0.6) is 5.75 Å². The maximum atomic E-state index is 11.0. The Morgan fingerprint density at radius 2 is 2.24 bits per heavy atom. The Kier molecular flexibility index (Phi) is 8.35. The van der Waals surface area contributed by atoms with Crippen molar-refractivity contribution in [1.82, 2.24) is 5.32 Å². The monoisotopic (exact) mass is 442 g/mol. The van der Waals surface area contributed by atoms with Crippen LogP contribution in [0.25, 0.3) is 0 Å². The van der Waals surface area contributed by atoms with Gasteiger partial charge in [0.2, 0.25) is 5.79 Å². The maximum Gasteiger partial charge on any atom is 0.295 e. The van der Waals surface area contributed by atoms with Gasteiger partial charge in [-0.2, -0.15) is 0 Å². The highest BCUT2D eigenvalue weighted by Crippen LogP contribution is 2.40. The number of fused-ring (bicyclic) bond motifs is 1. The highest BCUT2D eigenvalue weighted by molar-refractivity contribution is 8.77. The van der Waals surface area contributed by atoms with Gasteiger partial charge in [-0.25, -0.2) is 0 Å². The smallest absolute Gasteiger partial charge is 0.295 e. The minimum atomic E-state index is -0.723. The topological polar surface area (TPSA) is 82.9 Å². The Bertz CT molecular complexity index is 683. The lowest BCUT2D eigenvalue weighted by Crippen LogP contribution is -2.35. The average molecular weight is 443 g/mol. The van der Waals surface area contributed by atoms with Crippen LogP contribution >= 0.6 is 21.6 Å². The summed E-state index contributed by atoms with van der Waals surface area (Å²) in [6.45, 7) is 5.35. The molecule has 0 bridgehead atoms. The molecule has 0 saturated carbocycles. The van der Waals surface area contributed by atoms with Gasteiger partial charge in [0.05, 0.1) is 6.61 Å². The average Bonchev–Trinajstić information content (AvgIpc) is 3.18. The number of hydrogen-bond acceptors (Lipinski definition) is 8. The summed E-state index contributed by atoms with van der Waals surface area (Å²) in [4.78, 5) is 15.9. The molecule has 7 nitrogen and oxygen atoms in total. The number of hydrogen-bond donors (Lipinski definition) is 1. The van der Waals surface area contributed by atoms with E-state index in [1.54, 1.807) is 0 Å². The van der Waals surface area contributed by atoms with E-state index in [2.05, 4.69) is 5.32 Å². The molecule has 1 aromatic carbocycles. The SMILES string of the molecule is CC1(C)OCc2cc(C(CNCCCCCC3CCSS3)O[N+](=O)[O-])ccc2O1. The number of ether oxygens (including phenoxy) is 2. The van der Waals surface area contributed by atoms with Gasteiger partial charge in [0, 0.05) is 37.0 Å². The summed E-state index contributed by atoms with van der Waals surface area (Å²) in [5.74, 6) is 1.37. The van der Waals surface area contributed by atoms with E-state index < -0.39 is 17.0 Å². The second kappa shape index (κ2) is 10.7. The number of nitrogens with zero attached hydrogens (tertiary/aromatic N) is 1. The number of unbranched alkanes of at least 4 members (excludes halogenated alkanes) is 2. The van der Waals surface area contributed by atoms with Gasteiger partial charge in [-0.1, -0.05) is 40.5 Å². The molecule has 3 rings (SSSR count). The fourth-order valence-corrected chi connectivity index (χ4v) is 6.50. The molecule has 2 unspecified atom stereocenters. The van der Waals surface area contributed by atoms with E-state index in [1.807, 2.05) is 53.6 Å². The Balaban J connectivity index is 1.45. The zero-order valence-corrected chi connectivity index (χ0v) is 18.7. The predicted molar refractivity (Wildman–Crippen MR) is 117 cm³/mol. The van der Waals surface area contributed by atoms with Crippen LogP contribution in [0, 0.1) is 10.1 Å². The molecule has 2 aliphatic rings. The van der Waals surface area contributed by atoms with Crippen LogP contribution in [0.15, 0.2) is 18.2 Å². The normalized spacial score (nSPS) is 21.2. The predicted octanol–water partition coefficient (Wildman–Crippen LogP) is 4.88. The molecule has 1 aromatic rings. The third-order valence-corrected chi connectivity index (χ3v) is 8.04. The quantitative estimate of drug-likeness (QED) is 0.225. The number of benzene rings is 1. The fourth-order valence-electron chi connectivity index (χ4n) is 3.47. The van der Waals surface area contributed by atoms with Crippen molar-refractivity contribution in [2.24, 2.45) is 0 Å². The molecule has 29 heavy (non-hydrogen) atoms. The standard InChI is InChI=1S/C20H30N2O5S2/c1-20(2)25-14-16-12-15(7-8-18(16)26-20)19(27-22(23)24)13-21-10-5-3-4-6-17-9-11-28-29-17/h7-8,12,17,19,21H,3-6,9-11,13-14H2,1-2H3. The van der Waals surface area contributed by atoms with E-state index in [4.69, 9.17) is 14.3 Å². The first-order valence-electron chi connectivity index (χ1n) is 10.2. The van der Waals surface area contributed by atoms with Crippen molar-refractivity contribution < 1.29 is 19.4 Å². The van der Waals surface area contributed by atoms with Crippen LogP contribution in [-0.2, 0) is 16.2 Å². The highest BCUT2D eigenvalue weighted by atomic mass is 33.1. The fraction of sp³-hybridized carbons (Fsp3) is 0.700. The first kappa shape index (κ1) is 22.5. The second-order valence-electron chi connectivity index (χ2n) is 7.86. The first-order chi connectivity index (χ1) is 13.9. The van der Waals surface area contributed by atoms with Crippen LogP contribution in [0.3, 0.4) is 0 Å². The van der Waals surface area contributed by atoms with Crippen LogP contribution < -0.4 is 10.1 Å². The maximum absolute atomic E-state index is 11.0. The van der Waals surface area contributed by atoms with E-state index in [9.17, 15) is 10.1 Å². The number of nitrogens with one attached hydrogen (secondary N) is 1. The molecule has 1 N–H and O–H groups in total. The first-order valence-corrected chi connectivity index (χ1v) is 12.6. The molecule has 0 radical (unpaired) electrons. The largest absolute Gasteiger partial charge is 0.463 e. The zero-order valence-electron chi connectivity index (χ0n) is 17.1. The van der Waals surface area contributed by atoms with E-state index >= 15 is 0 Å². The van der Waals surface area contributed by atoms with Crippen molar-refractivity contribution in [2.45, 2.75) is 69.7 Å². The van der Waals surface area contributed by atoms with E-state index in [0.717, 1.165) is 35.1 Å². The molecular formula is C20H30N2O5S2. The Hall–Kier alpha value is -1.16. The van der Waals surface area contributed by atoms with Gasteiger partial charge in [-0.15, -0.1) is 10.1 Å². The minimum Gasteiger partial charge on any atom is -0.463 e. The lowest BCUT2D eigenvalue weighted by Gasteiger charge is -2.33. The van der Waals surface area contributed by atoms with Crippen LogP contribution in [0.2, 0.25) is 0 Å². The van der Waals surface area contributed by atoms with Crippen LogP contribution in [0.1, 0.15) is 63.2 Å². The van der Waals surface area contributed by atoms with Crippen molar-refractivity contribution in [3.8, 4) is 5.75 Å². The third kappa shape index (κ3) is 7.24. The molecule has 162 valence electrons. The Labute approximate surface area is 180 Å². The van der Waals surface area contributed by atoms with Gasteiger partial charge in [-0.05, 0) is 43.5 Å². The third-order valence-electron chi connectivity index (χ3n) is 5.04. The second-order valence-corrected chi connectivity index (χ2v) is 10.6. The van der Waals surface area contributed by atoms with Crippen molar-refractivity contribution in [3.05, 3.63) is 39.4 Å². The highest BCUT2D eigenvalue weighted by Gasteiger charge is 2.28. The summed E-state index contributed by atoms with van der Waals surface area (Å²) in [6.07, 6.45) is 5.46. The molecule has 0 aliphatic carbocycles. The lowest BCUT2D eigenvalue weighted by atomic mass is 10.0. The summed E-state index contributed by atoms with van der Waals surface area (Å²) in [5, 5.41) is 14.4. The summed E-state index contributed by atoms with van der Waals surface area (Å²) in [5.41, 5.74) is 1.62. The van der Waals surface area contributed by atoms with Gasteiger partial charge in [0.25, 0.3) is 5.09 Å². The zero-order chi connectivity index (χ0) is 20.7. The van der Waals surface area contributed by atoms with Gasteiger partial charge in [0.1, 0.15) is 11.9 Å². The molecule has 0 aromatic heterocycles. The van der Waals surface area contributed by atoms with Crippen molar-refractivity contribution in [2.75, 3.05) is 18.8 Å². The van der Waals surface area contributed by atoms with Crippen LogP contribution in [0.4, 0.5) is 0 Å². The van der Waals surface area contributed by atoms with Gasteiger partial charge < -0.3 is 19.6 Å². The molecule has 2 aliphatic heterocycles. The van der Waals surface area contributed by atoms with Crippen LogP contribution in [-0.4, -0.2) is 35.0 Å². The van der Waals surface area contributed by atoms with E-state index in [-0.39, 0.29) is 0 Å². The Morgan fingerprint density at radius 3 is 3.00 bits per heavy atom. The summed E-state index contributed by atoms with van der Waals surface area (Å²) in [6, 6.07) is 5.54. The van der Waals surface area contributed by atoms with Gasteiger partial charge in [-0.3, -0.25) is 0 Å². The summed E-state index contributed by atoms with van der Waals surface area (Å²) in [7, 11) is 4.02. The van der Waals surface area contributed by atoms with Gasteiger partial charge >= 0.3 is 0 Å². The van der Waals surface area contributed by atoms with E-state index in [0.29, 0.717) is 13.2 Å². The van der Waals surface area contributed by atoms with Crippen molar-refractivity contribution >= 4 is 21.6 Å². The van der Waals surface area contributed by atoms with Crippen molar-refractivity contribution in [1.29, 1.82) is 0 Å².